The molecule has 0 saturated heterocycles. The Morgan fingerprint density at radius 2 is 1.12 bits per heavy atom. The van der Waals surface area contributed by atoms with Crippen molar-refractivity contribution in [2.24, 2.45) is 4.99 Å². The molecule has 6 aromatic carbocycles. The molecule has 7 rings (SSSR count). The molecule has 4 heteroatoms. The van der Waals surface area contributed by atoms with Crippen LogP contribution in [0.2, 0.25) is 0 Å². The van der Waals surface area contributed by atoms with Gasteiger partial charge in [-0.05, 0) is 145 Å². The lowest BCUT2D eigenvalue weighted by atomic mass is 9.88. The fourth-order valence-corrected chi connectivity index (χ4v) is 8.42. The minimum atomic E-state index is 0.359. The SMILES string of the molecule is C#C.C/C=C(/c1c(C)cccc1C)N(C)c1ccc(CCc2cccc(CCc3ccc(-c4nccn4-c4c(C(C)C)cc(-c5ccccc5)cc4C(C)C)cc3)c2)cc1.C=NC.CC. The van der Waals surface area contributed by atoms with Crippen molar-refractivity contribution in [3.05, 3.63) is 202 Å². The van der Waals surface area contributed by atoms with Gasteiger partial charge in [0.05, 0.1) is 5.69 Å². The second kappa shape index (κ2) is 25.6. The molecular formula is C61H72N4. The predicted octanol–water partition coefficient (Wildman–Crippen LogP) is 15.7. The number of anilines is 1. The normalized spacial score (nSPS) is 10.8. The Hall–Kier alpha value is -6.70. The molecule has 0 saturated carbocycles. The summed E-state index contributed by atoms with van der Waals surface area (Å²) in [7, 11) is 3.81. The highest BCUT2D eigenvalue weighted by atomic mass is 15.1. The van der Waals surface area contributed by atoms with E-state index >= 15 is 0 Å². The lowest BCUT2D eigenvalue weighted by Gasteiger charge is -2.26. The van der Waals surface area contributed by atoms with Crippen molar-refractivity contribution in [3.8, 4) is 41.0 Å². The number of terminal acetylenes is 1. The van der Waals surface area contributed by atoms with Crippen LogP contribution in [0.4, 0.5) is 5.69 Å². The Morgan fingerprint density at radius 3 is 1.62 bits per heavy atom. The van der Waals surface area contributed by atoms with Crippen LogP contribution < -0.4 is 4.90 Å². The molecule has 0 spiro atoms. The quantitative estimate of drug-likeness (QED) is 0.0806. The second-order valence-corrected chi connectivity index (χ2v) is 16.8. The molecule has 0 radical (unpaired) electrons. The Bertz CT molecular complexity index is 2540. The molecule has 0 aliphatic carbocycles. The van der Waals surface area contributed by atoms with Crippen LogP contribution in [0.5, 0.6) is 0 Å². The fraction of sp³-hybridized carbons (Fsp3) is 0.279. The number of aliphatic imine (C=N–C) groups is 1. The molecule has 1 aromatic heterocycles. The van der Waals surface area contributed by atoms with E-state index in [1.807, 2.05) is 20.0 Å². The zero-order chi connectivity index (χ0) is 47.5. The van der Waals surface area contributed by atoms with E-state index in [9.17, 15) is 0 Å². The Kier molecular flexibility index (Phi) is 20.0. The minimum Gasteiger partial charge on any atom is -0.344 e. The zero-order valence-electron chi connectivity index (χ0n) is 41.1. The summed E-state index contributed by atoms with van der Waals surface area (Å²) in [6.07, 6.45) is 18.4. The first-order valence-electron chi connectivity index (χ1n) is 23.2. The van der Waals surface area contributed by atoms with Crippen LogP contribution in [-0.2, 0) is 25.7 Å². The van der Waals surface area contributed by atoms with Gasteiger partial charge in [0, 0.05) is 49.0 Å². The molecule has 0 N–H and O–H groups in total. The van der Waals surface area contributed by atoms with Gasteiger partial charge in [-0.2, -0.15) is 0 Å². The molecule has 65 heavy (non-hydrogen) atoms. The molecule has 1 heterocycles. The number of rotatable bonds is 14. The van der Waals surface area contributed by atoms with Crippen molar-refractivity contribution in [3.63, 3.8) is 0 Å². The molecule has 0 fully saturated rings. The van der Waals surface area contributed by atoms with Gasteiger partial charge in [-0.15, -0.1) is 12.8 Å². The van der Waals surface area contributed by atoms with Crippen molar-refractivity contribution in [2.75, 3.05) is 19.0 Å². The Morgan fingerprint density at radius 1 is 0.646 bits per heavy atom. The largest absolute Gasteiger partial charge is 0.344 e. The first-order valence-corrected chi connectivity index (χ1v) is 23.2. The van der Waals surface area contributed by atoms with E-state index in [2.05, 4.69) is 235 Å². The van der Waals surface area contributed by atoms with Crippen molar-refractivity contribution in [2.45, 2.75) is 99.8 Å². The van der Waals surface area contributed by atoms with Crippen molar-refractivity contribution in [1.29, 1.82) is 0 Å². The average molecular weight is 861 g/mol. The molecule has 0 aliphatic heterocycles. The van der Waals surface area contributed by atoms with Gasteiger partial charge in [0.2, 0.25) is 0 Å². The maximum Gasteiger partial charge on any atom is 0.144 e. The molecule has 0 aliphatic rings. The summed E-state index contributed by atoms with van der Waals surface area (Å²) in [6, 6.07) is 49.4. The Balaban J connectivity index is 0.00000125. The van der Waals surface area contributed by atoms with Crippen LogP contribution in [-0.4, -0.2) is 30.4 Å². The van der Waals surface area contributed by atoms with E-state index in [-0.39, 0.29) is 0 Å². The summed E-state index contributed by atoms with van der Waals surface area (Å²) >= 11 is 0. The van der Waals surface area contributed by atoms with Crippen LogP contribution in [0.3, 0.4) is 0 Å². The highest BCUT2D eigenvalue weighted by Crippen LogP contribution is 2.38. The van der Waals surface area contributed by atoms with E-state index < -0.39 is 0 Å². The maximum absolute atomic E-state index is 4.91. The van der Waals surface area contributed by atoms with Gasteiger partial charge in [-0.3, -0.25) is 4.57 Å². The highest BCUT2D eigenvalue weighted by Gasteiger charge is 2.21. The van der Waals surface area contributed by atoms with E-state index in [0.29, 0.717) is 11.8 Å². The van der Waals surface area contributed by atoms with E-state index in [1.54, 1.807) is 7.05 Å². The topological polar surface area (TPSA) is 33.4 Å². The molecular weight excluding hydrogens is 789 g/mol. The number of allylic oxidation sites excluding steroid dienone is 1. The fourth-order valence-electron chi connectivity index (χ4n) is 8.42. The van der Waals surface area contributed by atoms with Gasteiger partial charge in [-0.1, -0.05) is 157 Å². The van der Waals surface area contributed by atoms with Crippen molar-refractivity contribution in [1.82, 2.24) is 9.55 Å². The standard InChI is InChI=1S/C55H59N3.C2H5N.C2H6.C2H2/c1-9-52(53-40(6)15-13-16-41(53)7)57(8)49-31-27-43(28-32-49)22-24-45-18-14-17-44(35-45)23-21-42-25-29-47(30-26-42)55-56-33-34-58(55)54-50(38(2)3)36-48(37-51(54)39(4)5)46-19-11-10-12-20-46;1-3-2;2*1-2/h9-20,25-39H,21-24H2,1-8H3;1H2,2H3;1-2H3;1-2H/b52-9-;;;. The van der Waals surface area contributed by atoms with Crippen LogP contribution in [0, 0.1) is 26.7 Å². The number of hydrogen-bond donors (Lipinski definition) is 0. The predicted molar refractivity (Wildman–Crippen MR) is 285 cm³/mol. The molecule has 336 valence electrons. The van der Waals surface area contributed by atoms with Crippen LogP contribution in [0.25, 0.3) is 33.9 Å². The first kappa shape index (κ1) is 50.9. The van der Waals surface area contributed by atoms with Crippen molar-refractivity contribution < 1.29 is 0 Å². The van der Waals surface area contributed by atoms with E-state index in [4.69, 9.17) is 4.98 Å². The van der Waals surface area contributed by atoms with Gasteiger partial charge in [0.25, 0.3) is 0 Å². The molecule has 7 aromatic rings. The highest BCUT2D eigenvalue weighted by molar-refractivity contribution is 5.81. The monoisotopic (exact) mass is 861 g/mol. The number of benzene rings is 6. The van der Waals surface area contributed by atoms with E-state index in [1.165, 1.54) is 78.3 Å². The summed E-state index contributed by atoms with van der Waals surface area (Å²) in [4.78, 5) is 10.5. The van der Waals surface area contributed by atoms with Crippen LogP contribution in [0.1, 0.15) is 110 Å². The van der Waals surface area contributed by atoms with Gasteiger partial charge in [0.1, 0.15) is 5.82 Å². The average Bonchev–Trinajstić information content (AvgIpc) is 3.83. The summed E-state index contributed by atoms with van der Waals surface area (Å²) in [5.74, 6) is 1.70. The number of aryl methyl sites for hydroxylation is 6. The summed E-state index contributed by atoms with van der Waals surface area (Å²) in [6.45, 7) is 22.8. The van der Waals surface area contributed by atoms with Gasteiger partial charge < -0.3 is 9.89 Å². The number of aromatic nitrogens is 2. The maximum atomic E-state index is 4.91. The molecule has 0 atom stereocenters. The van der Waals surface area contributed by atoms with Crippen molar-refractivity contribution >= 4 is 18.1 Å². The minimum absolute atomic E-state index is 0.359. The third kappa shape index (κ3) is 13.2. The third-order valence-electron chi connectivity index (χ3n) is 11.7. The zero-order valence-corrected chi connectivity index (χ0v) is 41.1. The van der Waals surface area contributed by atoms with Gasteiger partial charge in [0.15, 0.2) is 0 Å². The van der Waals surface area contributed by atoms with E-state index in [0.717, 1.165) is 37.1 Å². The molecule has 4 nitrogen and oxygen atoms in total. The number of nitrogens with zero attached hydrogens (tertiary/aromatic N) is 4. The smallest absolute Gasteiger partial charge is 0.144 e. The van der Waals surface area contributed by atoms with Gasteiger partial charge in [-0.25, -0.2) is 4.98 Å². The number of hydrogen-bond acceptors (Lipinski definition) is 3. The van der Waals surface area contributed by atoms with Crippen LogP contribution in [0.15, 0.2) is 157 Å². The first-order chi connectivity index (χ1) is 31.5. The second-order valence-electron chi connectivity index (χ2n) is 16.8. The van der Waals surface area contributed by atoms with Crippen LogP contribution >= 0.6 is 0 Å². The number of imidazole rings is 1. The lowest BCUT2D eigenvalue weighted by Crippen LogP contribution is -2.16. The summed E-state index contributed by atoms with van der Waals surface area (Å²) in [5, 5.41) is 0. The molecule has 0 amide bonds. The summed E-state index contributed by atoms with van der Waals surface area (Å²) < 4.78 is 2.32. The lowest BCUT2D eigenvalue weighted by molar-refractivity contribution is 0.807. The Labute approximate surface area is 392 Å². The van der Waals surface area contributed by atoms with Gasteiger partial charge >= 0.3 is 0 Å². The third-order valence-corrected chi connectivity index (χ3v) is 11.7. The summed E-state index contributed by atoms with van der Waals surface area (Å²) in [5.41, 5.74) is 19.5. The molecule has 0 bridgehead atoms. The molecule has 0 unspecified atom stereocenters.